The van der Waals surface area contributed by atoms with E-state index in [1.54, 1.807) is 0 Å². The van der Waals surface area contributed by atoms with Crippen molar-refractivity contribution < 1.29 is 4.74 Å². The zero-order chi connectivity index (χ0) is 8.23. The standard InChI is InChI=1S/C9H16OS2/c1-2-8(6-10-3-1)9-7-11-4-5-12-9/h8-9H,1-7H2. The molecular weight excluding hydrogens is 188 g/mol. The van der Waals surface area contributed by atoms with Gasteiger partial charge in [0.25, 0.3) is 0 Å². The van der Waals surface area contributed by atoms with Crippen LogP contribution in [0.3, 0.4) is 0 Å². The van der Waals surface area contributed by atoms with Gasteiger partial charge in [-0.1, -0.05) is 0 Å². The van der Waals surface area contributed by atoms with E-state index in [0.29, 0.717) is 0 Å². The van der Waals surface area contributed by atoms with Crippen LogP contribution in [0.5, 0.6) is 0 Å². The van der Waals surface area contributed by atoms with E-state index in [-0.39, 0.29) is 0 Å². The van der Waals surface area contributed by atoms with E-state index in [1.165, 1.54) is 30.1 Å². The first kappa shape index (κ1) is 9.22. The van der Waals surface area contributed by atoms with E-state index in [9.17, 15) is 0 Å². The van der Waals surface area contributed by atoms with Crippen molar-refractivity contribution in [2.75, 3.05) is 30.5 Å². The minimum absolute atomic E-state index is 0.858. The van der Waals surface area contributed by atoms with Crippen LogP contribution in [0.25, 0.3) is 0 Å². The van der Waals surface area contributed by atoms with Crippen LogP contribution >= 0.6 is 23.5 Å². The number of thioether (sulfide) groups is 2. The molecule has 1 nitrogen and oxygen atoms in total. The molecule has 0 saturated carbocycles. The highest BCUT2D eigenvalue weighted by Gasteiger charge is 2.26. The van der Waals surface area contributed by atoms with Gasteiger partial charge in [0.15, 0.2) is 0 Å². The van der Waals surface area contributed by atoms with Crippen molar-refractivity contribution in [3.05, 3.63) is 0 Å². The summed E-state index contributed by atoms with van der Waals surface area (Å²) >= 11 is 4.29. The zero-order valence-electron chi connectivity index (χ0n) is 7.33. The Morgan fingerprint density at radius 3 is 2.92 bits per heavy atom. The topological polar surface area (TPSA) is 9.23 Å². The second kappa shape index (κ2) is 4.77. The summed E-state index contributed by atoms with van der Waals surface area (Å²) in [6.07, 6.45) is 2.69. The number of hydrogen-bond donors (Lipinski definition) is 0. The highest BCUT2D eigenvalue weighted by molar-refractivity contribution is 8.06. The van der Waals surface area contributed by atoms with Crippen molar-refractivity contribution >= 4 is 23.5 Å². The van der Waals surface area contributed by atoms with Crippen LogP contribution in [0, 0.1) is 5.92 Å². The van der Waals surface area contributed by atoms with Crippen LogP contribution in [0.2, 0.25) is 0 Å². The Kier molecular flexibility index (Phi) is 3.67. The van der Waals surface area contributed by atoms with Crippen molar-refractivity contribution in [3.8, 4) is 0 Å². The van der Waals surface area contributed by atoms with Crippen LogP contribution in [-0.4, -0.2) is 35.7 Å². The Morgan fingerprint density at radius 1 is 1.25 bits per heavy atom. The molecule has 0 radical (unpaired) electrons. The van der Waals surface area contributed by atoms with E-state index in [0.717, 1.165) is 24.4 Å². The first-order valence-corrected chi connectivity index (χ1v) is 6.94. The molecule has 2 fully saturated rings. The highest BCUT2D eigenvalue weighted by atomic mass is 32.2. The van der Waals surface area contributed by atoms with Crippen molar-refractivity contribution in [2.45, 2.75) is 18.1 Å². The number of ether oxygens (including phenoxy) is 1. The SMILES string of the molecule is C1COCC(C2CSCCS2)C1. The van der Waals surface area contributed by atoms with Gasteiger partial charge in [-0.3, -0.25) is 0 Å². The lowest BCUT2D eigenvalue weighted by atomic mass is 9.99. The van der Waals surface area contributed by atoms with Gasteiger partial charge in [-0.05, 0) is 18.8 Å². The Balaban J connectivity index is 1.80. The van der Waals surface area contributed by atoms with Crippen LogP contribution < -0.4 is 0 Å². The Labute approximate surface area is 83.0 Å². The van der Waals surface area contributed by atoms with Gasteiger partial charge in [-0.25, -0.2) is 0 Å². The van der Waals surface area contributed by atoms with Gasteiger partial charge in [0.2, 0.25) is 0 Å². The first-order valence-electron chi connectivity index (χ1n) is 4.74. The Hall–Kier alpha value is 0.660. The summed E-state index contributed by atoms with van der Waals surface area (Å²) in [6, 6.07) is 0. The molecule has 2 saturated heterocycles. The summed E-state index contributed by atoms with van der Waals surface area (Å²) in [5.41, 5.74) is 0. The quantitative estimate of drug-likeness (QED) is 0.648. The number of hydrogen-bond acceptors (Lipinski definition) is 3. The van der Waals surface area contributed by atoms with Crippen molar-refractivity contribution in [2.24, 2.45) is 5.92 Å². The monoisotopic (exact) mass is 204 g/mol. The zero-order valence-corrected chi connectivity index (χ0v) is 8.96. The predicted molar refractivity (Wildman–Crippen MR) is 57.1 cm³/mol. The molecule has 2 unspecified atom stereocenters. The second-order valence-corrected chi connectivity index (χ2v) is 5.96. The molecule has 12 heavy (non-hydrogen) atoms. The maximum Gasteiger partial charge on any atom is 0.0505 e. The number of rotatable bonds is 1. The molecule has 2 aliphatic rings. The Morgan fingerprint density at radius 2 is 2.25 bits per heavy atom. The molecule has 70 valence electrons. The van der Waals surface area contributed by atoms with E-state index < -0.39 is 0 Å². The summed E-state index contributed by atoms with van der Waals surface area (Å²) in [6.45, 7) is 2.03. The summed E-state index contributed by atoms with van der Waals surface area (Å²) in [5.74, 6) is 4.93. The molecule has 0 amide bonds. The van der Waals surface area contributed by atoms with E-state index >= 15 is 0 Å². The maximum absolute atomic E-state index is 5.51. The lowest BCUT2D eigenvalue weighted by Crippen LogP contribution is -2.30. The molecule has 2 rings (SSSR count). The van der Waals surface area contributed by atoms with E-state index in [4.69, 9.17) is 4.74 Å². The molecule has 0 N–H and O–H groups in total. The molecule has 2 atom stereocenters. The molecule has 2 heterocycles. The first-order chi connectivity index (χ1) is 5.97. The molecule has 0 spiro atoms. The maximum atomic E-state index is 5.51. The van der Waals surface area contributed by atoms with Crippen molar-refractivity contribution in [1.82, 2.24) is 0 Å². The average molecular weight is 204 g/mol. The lowest BCUT2D eigenvalue weighted by Gasteiger charge is -2.31. The minimum atomic E-state index is 0.858. The normalized spacial score (nSPS) is 38.0. The van der Waals surface area contributed by atoms with E-state index in [1.807, 2.05) is 0 Å². The fraction of sp³-hybridized carbons (Fsp3) is 1.00. The van der Waals surface area contributed by atoms with Gasteiger partial charge >= 0.3 is 0 Å². The second-order valence-electron chi connectivity index (χ2n) is 3.46. The molecule has 0 aromatic heterocycles. The molecule has 2 aliphatic heterocycles. The van der Waals surface area contributed by atoms with Gasteiger partial charge in [0.1, 0.15) is 0 Å². The smallest absolute Gasteiger partial charge is 0.0505 e. The minimum Gasteiger partial charge on any atom is -0.381 e. The molecule has 3 heteroatoms. The van der Waals surface area contributed by atoms with Crippen molar-refractivity contribution in [1.29, 1.82) is 0 Å². The van der Waals surface area contributed by atoms with E-state index in [2.05, 4.69) is 23.5 Å². The van der Waals surface area contributed by atoms with Crippen LogP contribution in [0.15, 0.2) is 0 Å². The summed E-state index contributed by atoms with van der Waals surface area (Å²) in [4.78, 5) is 0. The largest absolute Gasteiger partial charge is 0.381 e. The van der Waals surface area contributed by atoms with Gasteiger partial charge in [-0.15, -0.1) is 0 Å². The Bertz CT molecular complexity index is 112. The third kappa shape index (κ3) is 2.33. The third-order valence-electron chi connectivity index (χ3n) is 2.56. The molecule has 0 bridgehead atoms. The predicted octanol–water partition coefficient (Wildman–Crippen LogP) is 2.26. The summed E-state index contributed by atoms with van der Waals surface area (Å²) in [5, 5.41) is 0.893. The fourth-order valence-electron chi connectivity index (χ4n) is 1.84. The summed E-state index contributed by atoms with van der Waals surface area (Å²) < 4.78 is 5.51. The van der Waals surface area contributed by atoms with Crippen LogP contribution in [-0.2, 0) is 4.74 Å². The third-order valence-corrected chi connectivity index (χ3v) is 5.54. The molecule has 0 aliphatic carbocycles. The lowest BCUT2D eigenvalue weighted by molar-refractivity contribution is 0.0559. The highest BCUT2D eigenvalue weighted by Crippen LogP contribution is 2.33. The van der Waals surface area contributed by atoms with Crippen LogP contribution in [0.1, 0.15) is 12.8 Å². The van der Waals surface area contributed by atoms with Gasteiger partial charge < -0.3 is 4.74 Å². The average Bonchev–Trinajstić information content (AvgIpc) is 2.21. The molecule has 0 aromatic rings. The van der Waals surface area contributed by atoms with Crippen molar-refractivity contribution in [3.63, 3.8) is 0 Å². The molecule has 0 aromatic carbocycles. The summed E-state index contributed by atoms with van der Waals surface area (Å²) in [7, 11) is 0. The van der Waals surface area contributed by atoms with Gasteiger partial charge in [-0.2, -0.15) is 23.5 Å². The van der Waals surface area contributed by atoms with Gasteiger partial charge in [0, 0.05) is 29.1 Å². The molecular formula is C9H16OS2. The fourth-order valence-corrected chi connectivity index (χ4v) is 4.83. The van der Waals surface area contributed by atoms with Gasteiger partial charge in [0.05, 0.1) is 6.61 Å². The van der Waals surface area contributed by atoms with Crippen LogP contribution in [0.4, 0.5) is 0 Å².